The Morgan fingerprint density at radius 2 is 1.78 bits per heavy atom. The zero-order valence-corrected chi connectivity index (χ0v) is 23.7. The molecular weight excluding hydrogens is 544 g/mol. The van der Waals surface area contributed by atoms with Gasteiger partial charge in [-0.25, -0.2) is 13.9 Å². The summed E-state index contributed by atoms with van der Waals surface area (Å²) >= 11 is 0. The summed E-state index contributed by atoms with van der Waals surface area (Å²) in [5, 5.41) is 9.56. The van der Waals surface area contributed by atoms with E-state index in [1.807, 2.05) is 0 Å². The number of nitrogens with one attached hydrogen (secondary N) is 1. The summed E-state index contributed by atoms with van der Waals surface area (Å²) in [6, 6.07) is 12.3. The van der Waals surface area contributed by atoms with E-state index >= 15 is 0 Å². The molecule has 214 valence electrons. The van der Waals surface area contributed by atoms with Crippen molar-refractivity contribution in [2.75, 3.05) is 24.5 Å². The Hall–Kier alpha value is -4.74. The second-order valence-corrected chi connectivity index (χ2v) is 10.7. The van der Waals surface area contributed by atoms with Gasteiger partial charge < -0.3 is 9.64 Å². The molecule has 0 atom stereocenters. The summed E-state index contributed by atoms with van der Waals surface area (Å²) in [7, 11) is -2.76. The molecule has 2 N–H and O–H groups in total. The smallest absolute Gasteiger partial charge is 0.276 e. The summed E-state index contributed by atoms with van der Waals surface area (Å²) in [6.45, 7) is 9.44. The highest BCUT2D eigenvalue weighted by Gasteiger charge is 2.30. The number of carbonyl (C=O) groups excluding carboxylic acids is 2. The average molecular weight is 577 g/mol. The molecule has 2 amide bonds. The van der Waals surface area contributed by atoms with E-state index < -0.39 is 15.9 Å². The number of ether oxygens (including phenoxy) is 1. The van der Waals surface area contributed by atoms with E-state index in [0.29, 0.717) is 35.5 Å². The second-order valence-electron chi connectivity index (χ2n) is 8.88. The number of amides is 2. The van der Waals surface area contributed by atoms with Crippen LogP contribution in [0.2, 0.25) is 0 Å². The van der Waals surface area contributed by atoms with Crippen molar-refractivity contribution >= 4 is 33.6 Å². The topological polar surface area (TPSA) is 129 Å². The van der Waals surface area contributed by atoms with Crippen LogP contribution in [0, 0.1) is 6.92 Å². The Balaban J connectivity index is 2.17. The van der Waals surface area contributed by atoms with Crippen molar-refractivity contribution in [1.82, 2.24) is 15.4 Å². The highest BCUT2D eigenvalue weighted by molar-refractivity contribution is 7.92. The zero-order chi connectivity index (χ0) is 30.0. The molecule has 11 heteroatoms. The molecule has 0 saturated heterocycles. The average Bonchev–Trinajstić information content (AvgIpc) is 2.98. The van der Waals surface area contributed by atoms with E-state index in [0.717, 1.165) is 4.31 Å². The minimum absolute atomic E-state index is 0.0314. The molecule has 1 aromatic heterocycles. The van der Waals surface area contributed by atoms with Crippen LogP contribution >= 0.6 is 0 Å². The van der Waals surface area contributed by atoms with Crippen molar-refractivity contribution in [3.8, 4) is 5.75 Å². The van der Waals surface area contributed by atoms with Gasteiger partial charge in [0.2, 0.25) is 5.91 Å². The van der Waals surface area contributed by atoms with Crippen molar-refractivity contribution in [2.24, 2.45) is 0 Å². The number of aryl methyl sites for hydroxylation is 1. The highest BCUT2D eigenvalue weighted by atomic mass is 32.2. The van der Waals surface area contributed by atoms with E-state index in [1.54, 1.807) is 49.0 Å². The van der Waals surface area contributed by atoms with Crippen LogP contribution in [0.4, 0.5) is 5.69 Å². The SMILES string of the molecule is C=CCN(CC=C)C(=O)C=Cc1cc(C)c(N(Cc2cccnc2)S(=O)(=O)c2ccc(OC)cc2)c(C(=O)NO)c1. The minimum atomic E-state index is -4.24. The maximum absolute atomic E-state index is 14.0. The van der Waals surface area contributed by atoms with Crippen molar-refractivity contribution in [3.63, 3.8) is 0 Å². The fourth-order valence-electron chi connectivity index (χ4n) is 4.12. The molecule has 0 bridgehead atoms. The van der Waals surface area contributed by atoms with Gasteiger partial charge in [-0.05, 0) is 72.2 Å². The molecule has 0 fully saturated rings. The fourth-order valence-corrected chi connectivity index (χ4v) is 5.66. The number of anilines is 1. The lowest BCUT2D eigenvalue weighted by atomic mass is 10.0. The first-order valence-corrected chi connectivity index (χ1v) is 13.9. The predicted molar refractivity (Wildman–Crippen MR) is 157 cm³/mol. The number of carbonyl (C=O) groups is 2. The normalized spacial score (nSPS) is 11.1. The van der Waals surface area contributed by atoms with Gasteiger partial charge in [-0.2, -0.15) is 0 Å². The van der Waals surface area contributed by atoms with E-state index in [2.05, 4.69) is 18.1 Å². The minimum Gasteiger partial charge on any atom is -0.497 e. The van der Waals surface area contributed by atoms with Crippen LogP contribution in [-0.2, 0) is 21.4 Å². The predicted octanol–water partition coefficient (Wildman–Crippen LogP) is 4.13. The molecule has 3 rings (SSSR count). The maximum Gasteiger partial charge on any atom is 0.276 e. The standard InChI is InChI=1S/C30H32N4O6S/c1-5-16-33(17-6-2)28(35)14-9-23-18-22(3)29(27(19-23)30(36)32-37)34(21-24-8-7-15-31-20-24)41(38,39)26-12-10-25(40-4)11-13-26/h5-15,18-20,37H,1-2,16-17,21H2,3-4H3,(H,32,36). The second kappa shape index (κ2) is 14.1. The van der Waals surface area contributed by atoms with Crippen molar-refractivity contribution in [1.29, 1.82) is 0 Å². The van der Waals surface area contributed by atoms with Crippen LogP contribution in [-0.4, -0.2) is 55.5 Å². The largest absolute Gasteiger partial charge is 0.497 e. The van der Waals surface area contributed by atoms with E-state index in [9.17, 15) is 23.2 Å². The van der Waals surface area contributed by atoms with E-state index in [-0.39, 0.29) is 28.6 Å². The van der Waals surface area contributed by atoms with Gasteiger partial charge in [-0.1, -0.05) is 18.2 Å². The molecule has 0 unspecified atom stereocenters. The number of hydrogen-bond acceptors (Lipinski definition) is 7. The number of hydroxylamine groups is 1. The van der Waals surface area contributed by atoms with Gasteiger partial charge in [-0.3, -0.25) is 24.1 Å². The molecule has 0 spiro atoms. The van der Waals surface area contributed by atoms with Crippen LogP contribution in [0.25, 0.3) is 6.08 Å². The summed E-state index contributed by atoms with van der Waals surface area (Å²) in [4.78, 5) is 31.2. The van der Waals surface area contributed by atoms with Gasteiger partial charge in [-0.15, -0.1) is 13.2 Å². The molecule has 0 aliphatic carbocycles. The molecule has 2 aromatic carbocycles. The molecule has 41 heavy (non-hydrogen) atoms. The molecule has 0 saturated carbocycles. The van der Waals surface area contributed by atoms with Crippen molar-refractivity contribution in [3.05, 3.63) is 115 Å². The molecule has 0 aliphatic rings. The number of nitrogens with zero attached hydrogens (tertiary/aromatic N) is 3. The van der Waals surface area contributed by atoms with Gasteiger partial charge in [0.25, 0.3) is 15.9 Å². The first-order valence-electron chi connectivity index (χ1n) is 12.5. The lowest BCUT2D eigenvalue weighted by molar-refractivity contribution is -0.125. The third-order valence-corrected chi connectivity index (χ3v) is 7.80. The van der Waals surface area contributed by atoms with Gasteiger partial charge in [0.15, 0.2) is 0 Å². The summed E-state index contributed by atoms with van der Waals surface area (Å²) in [6.07, 6.45) is 9.13. The highest BCUT2D eigenvalue weighted by Crippen LogP contribution is 2.34. The fraction of sp³-hybridized carbons (Fsp3) is 0.167. The van der Waals surface area contributed by atoms with Gasteiger partial charge in [0.1, 0.15) is 5.75 Å². The third kappa shape index (κ3) is 7.47. The first-order chi connectivity index (χ1) is 19.7. The number of hydrogen-bond donors (Lipinski definition) is 2. The van der Waals surface area contributed by atoms with Crippen molar-refractivity contribution in [2.45, 2.75) is 18.4 Å². The summed E-state index contributed by atoms with van der Waals surface area (Å²) in [5.41, 5.74) is 2.97. The molecule has 3 aromatic rings. The first kappa shape index (κ1) is 30.8. The monoisotopic (exact) mass is 576 g/mol. The van der Waals surface area contributed by atoms with Crippen LogP contribution in [0.3, 0.4) is 0 Å². The Morgan fingerprint density at radius 1 is 1.10 bits per heavy atom. The third-order valence-electron chi connectivity index (χ3n) is 6.04. The molecule has 0 aliphatic heterocycles. The Morgan fingerprint density at radius 3 is 2.34 bits per heavy atom. The number of methoxy groups -OCH3 is 1. The molecular formula is C30H32N4O6S. The van der Waals surface area contributed by atoms with Crippen molar-refractivity contribution < 1.29 is 28.0 Å². The number of rotatable bonds is 13. The summed E-state index contributed by atoms with van der Waals surface area (Å²) < 4.78 is 34.3. The number of pyridine rings is 1. The van der Waals surface area contributed by atoms with Gasteiger partial charge >= 0.3 is 0 Å². The van der Waals surface area contributed by atoms with E-state index in [1.165, 1.54) is 60.7 Å². The number of benzene rings is 2. The number of sulfonamides is 1. The lowest BCUT2D eigenvalue weighted by Gasteiger charge is -2.28. The molecule has 1 heterocycles. The van der Waals surface area contributed by atoms with Crippen LogP contribution in [0.1, 0.15) is 27.0 Å². The Kier molecular flexibility index (Phi) is 10.6. The Bertz CT molecular complexity index is 1530. The van der Waals surface area contributed by atoms with Gasteiger partial charge in [0.05, 0.1) is 29.8 Å². The molecule has 0 radical (unpaired) electrons. The van der Waals surface area contributed by atoms with Crippen LogP contribution in [0.15, 0.2) is 97.2 Å². The summed E-state index contributed by atoms with van der Waals surface area (Å²) in [5.74, 6) is -0.754. The lowest BCUT2D eigenvalue weighted by Crippen LogP contribution is -2.34. The number of aromatic nitrogens is 1. The van der Waals surface area contributed by atoms with E-state index in [4.69, 9.17) is 4.74 Å². The quantitative estimate of drug-likeness (QED) is 0.136. The zero-order valence-electron chi connectivity index (χ0n) is 22.9. The Labute approximate surface area is 239 Å². The molecule has 10 nitrogen and oxygen atoms in total. The van der Waals surface area contributed by atoms with Crippen LogP contribution < -0.4 is 14.5 Å². The maximum atomic E-state index is 14.0. The van der Waals surface area contributed by atoms with Gasteiger partial charge in [0, 0.05) is 31.6 Å². The van der Waals surface area contributed by atoms with Crippen LogP contribution in [0.5, 0.6) is 5.75 Å².